The van der Waals surface area contributed by atoms with Crippen LogP contribution in [-0.2, 0) is 36.8 Å². The van der Waals surface area contributed by atoms with E-state index < -0.39 is 82.4 Å². The molecule has 210 valence electrons. The number of aliphatic hydroxyl groups is 2. The third-order valence-corrected chi connectivity index (χ3v) is 8.14. The lowest BCUT2D eigenvalue weighted by Crippen LogP contribution is -2.55. The number of phosphoric acid groups is 2. The van der Waals surface area contributed by atoms with E-state index in [1.807, 2.05) is 0 Å². The summed E-state index contributed by atoms with van der Waals surface area (Å²) in [4.78, 5) is 56.8. The van der Waals surface area contributed by atoms with Crippen LogP contribution < -0.4 is 16.6 Å². The predicted octanol–water partition coefficient (Wildman–Crippen LogP) is -1.26. The molecule has 1 aromatic rings. The molecule has 17 nitrogen and oxygen atoms in total. The molecule has 2 aliphatic heterocycles. The van der Waals surface area contributed by atoms with Crippen LogP contribution in [-0.4, -0.2) is 78.8 Å². The number of hydrogen-bond acceptors (Lipinski definition) is 12. The van der Waals surface area contributed by atoms with E-state index in [0.717, 1.165) is 4.57 Å². The van der Waals surface area contributed by atoms with Crippen LogP contribution in [0.15, 0.2) is 15.8 Å². The number of carbonyl (C=O) groups excluding carboxylic acids is 1. The fourth-order valence-electron chi connectivity index (χ4n) is 3.85. The van der Waals surface area contributed by atoms with E-state index in [9.17, 15) is 43.5 Å². The van der Waals surface area contributed by atoms with E-state index in [4.69, 9.17) is 14.0 Å². The fourth-order valence-corrected chi connectivity index (χ4v) is 6.01. The van der Waals surface area contributed by atoms with Crippen molar-refractivity contribution in [3.8, 4) is 0 Å². The normalized spacial score (nSPS) is 33.4. The highest BCUT2D eigenvalue weighted by atomic mass is 31.3. The van der Waals surface area contributed by atoms with Gasteiger partial charge in [-0.05, 0) is 20.3 Å². The molecule has 2 saturated heterocycles. The van der Waals surface area contributed by atoms with Gasteiger partial charge < -0.3 is 34.8 Å². The number of aryl methyl sites for hydroxylation is 1. The number of carbonyl (C=O) groups is 1. The number of nitrogens with zero attached hydrogens (tertiary/aromatic N) is 1. The molecule has 0 bridgehead atoms. The fraction of sp³-hybridized carbons (Fsp3) is 0.722. The topological polar surface area (TPSA) is 245 Å². The van der Waals surface area contributed by atoms with Gasteiger partial charge in [0.25, 0.3) is 5.56 Å². The summed E-state index contributed by atoms with van der Waals surface area (Å²) >= 11 is 0. The molecule has 1 amide bonds. The number of aromatic nitrogens is 2. The molecular formula is C18H29N3O14P2. The summed E-state index contributed by atoms with van der Waals surface area (Å²) < 4.78 is 50.0. The van der Waals surface area contributed by atoms with Crippen LogP contribution >= 0.6 is 15.6 Å². The predicted molar refractivity (Wildman–Crippen MR) is 121 cm³/mol. The highest BCUT2D eigenvalue weighted by Gasteiger charge is 2.45. The van der Waals surface area contributed by atoms with Gasteiger partial charge in [0, 0.05) is 25.1 Å². The Morgan fingerprint density at radius 1 is 1.22 bits per heavy atom. The number of rotatable bonds is 9. The third-order valence-electron chi connectivity index (χ3n) is 5.54. The molecule has 2 fully saturated rings. The summed E-state index contributed by atoms with van der Waals surface area (Å²) in [7, 11) is -10.7. The minimum atomic E-state index is -5.38. The number of H-pyrrole nitrogens is 1. The monoisotopic (exact) mass is 573 g/mol. The molecule has 0 spiro atoms. The highest BCUT2D eigenvalue weighted by Crippen LogP contribution is 2.61. The molecule has 9 atom stereocenters. The van der Waals surface area contributed by atoms with Gasteiger partial charge in [0.1, 0.15) is 18.4 Å². The Balaban J connectivity index is 1.59. The quantitative estimate of drug-likeness (QED) is 0.189. The Morgan fingerprint density at radius 2 is 1.89 bits per heavy atom. The molecular weight excluding hydrogens is 544 g/mol. The summed E-state index contributed by atoms with van der Waals surface area (Å²) in [5.41, 5.74) is -1.19. The summed E-state index contributed by atoms with van der Waals surface area (Å²) in [5, 5.41) is 23.0. The van der Waals surface area contributed by atoms with E-state index in [1.165, 1.54) is 20.0 Å². The van der Waals surface area contributed by atoms with Gasteiger partial charge in [-0.3, -0.25) is 28.2 Å². The van der Waals surface area contributed by atoms with Gasteiger partial charge in [-0.25, -0.2) is 13.9 Å². The van der Waals surface area contributed by atoms with Crippen molar-refractivity contribution < 1.29 is 56.8 Å². The van der Waals surface area contributed by atoms with Crippen LogP contribution in [0.2, 0.25) is 0 Å². The first-order valence-corrected chi connectivity index (χ1v) is 14.0. The first-order chi connectivity index (χ1) is 17.1. The van der Waals surface area contributed by atoms with Gasteiger partial charge in [-0.15, -0.1) is 0 Å². The Labute approximate surface area is 209 Å². The third kappa shape index (κ3) is 7.88. The summed E-state index contributed by atoms with van der Waals surface area (Å²) in [6, 6.07) is -0.892. The highest BCUT2D eigenvalue weighted by molar-refractivity contribution is 7.61. The lowest BCUT2D eigenvalue weighted by Gasteiger charge is -2.38. The van der Waals surface area contributed by atoms with E-state index in [-0.39, 0.29) is 18.4 Å². The standard InChI is InChI=1S/C18H29N3O14P2/c1-8-6-21(18(26)20-16(8)25)14-5-12(23)13(33-14)7-31-36(27,28)35-37(29,30)34-17-15(24)11(19-10(3)22)4-9(2)32-17/h6,9,11-15,17,23-24H,4-5,7H2,1-3H3,(H,19,22)(H,27,28)(H,29,30)(H,20,25,26)/t9?,11-,12+,13+,14+,15?,17+/m0/s1. The average molecular weight is 573 g/mol. The van der Waals surface area contributed by atoms with Crippen LogP contribution in [0.4, 0.5) is 0 Å². The minimum Gasteiger partial charge on any atom is -0.390 e. The maximum atomic E-state index is 12.3. The number of nitrogens with one attached hydrogen (secondary N) is 2. The first kappa shape index (κ1) is 29.8. The molecule has 0 radical (unpaired) electrons. The largest absolute Gasteiger partial charge is 0.483 e. The zero-order chi connectivity index (χ0) is 27.7. The van der Waals surface area contributed by atoms with Crippen LogP contribution in [0, 0.1) is 6.92 Å². The Hall–Kier alpha value is -1.75. The van der Waals surface area contributed by atoms with E-state index >= 15 is 0 Å². The molecule has 0 aromatic carbocycles. The second-order valence-corrected chi connectivity index (χ2v) is 11.7. The number of aliphatic hydroxyl groups excluding tert-OH is 2. The Kier molecular flexibility index (Phi) is 9.31. The number of phosphoric ester groups is 2. The zero-order valence-electron chi connectivity index (χ0n) is 20.0. The van der Waals surface area contributed by atoms with Gasteiger partial charge in [0.05, 0.1) is 24.9 Å². The zero-order valence-corrected chi connectivity index (χ0v) is 21.7. The lowest BCUT2D eigenvalue weighted by atomic mass is 10.0. The van der Waals surface area contributed by atoms with Crippen molar-refractivity contribution in [1.29, 1.82) is 0 Å². The van der Waals surface area contributed by atoms with E-state index in [0.29, 0.717) is 0 Å². The lowest BCUT2D eigenvalue weighted by molar-refractivity contribution is -0.212. The second-order valence-electron chi connectivity index (χ2n) is 8.68. The number of aromatic amines is 1. The molecule has 3 rings (SSSR count). The second kappa shape index (κ2) is 11.6. The number of hydrogen-bond donors (Lipinski definition) is 6. The van der Waals surface area contributed by atoms with Crippen LogP contribution in [0.1, 0.15) is 38.5 Å². The Morgan fingerprint density at radius 3 is 2.54 bits per heavy atom. The molecule has 4 unspecified atom stereocenters. The van der Waals surface area contributed by atoms with E-state index in [2.05, 4.69) is 19.1 Å². The number of ether oxygens (including phenoxy) is 2. The molecule has 6 N–H and O–H groups in total. The van der Waals surface area contributed by atoms with Crippen molar-refractivity contribution in [3.63, 3.8) is 0 Å². The summed E-state index contributed by atoms with van der Waals surface area (Å²) in [5.74, 6) is -0.479. The molecule has 0 saturated carbocycles. The summed E-state index contributed by atoms with van der Waals surface area (Å²) in [6.07, 6.45) is -6.36. The maximum absolute atomic E-state index is 12.3. The van der Waals surface area contributed by atoms with Gasteiger partial charge in [0.15, 0.2) is 6.29 Å². The number of amides is 1. The SMILES string of the molecule is CC(=O)N[C@H]1CC(C)O[C@H](OP(=O)(O)OP(=O)(O)OC[C@H]2O[C@@H](n3cc(C)c(=O)[nH]c3=O)C[C@H]2O)C1O. The van der Waals surface area contributed by atoms with Crippen molar-refractivity contribution in [3.05, 3.63) is 32.6 Å². The molecule has 1 aromatic heterocycles. The Bertz CT molecular complexity index is 1200. The van der Waals surface area contributed by atoms with Crippen LogP contribution in [0.25, 0.3) is 0 Å². The van der Waals surface area contributed by atoms with Crippen LogP contribution in [0.3, 0.4) is 0 Å². The van der Waals surface area contributed by atoms with Crippen molar-refractivity contribution in [2.75, 3.05) is 6.61 Å². The maximum Gasteiger partial charge on any atom is 0.483 e. The van der Waals surface area contributed by atoms with Crippen molar-refractivity contribution in [2.45, 2.75) is 76.6 Å². The molecule has 2 aliphatic rings. The van der Waals surface area contributed by atoms with Crippen molar-refractivity contribution >= 4 is 21.6 Å². The van der Waals surface area contributed by atoms with Crippen molar-refractivity contribution in [2.24, 2.45) is 0 Å². The molecule has 37 heavy (non-hydrogen) atoms. The van der Waals surface area contributed by atoms with Gasteiger partial charge in [-0.1, -0.05) is 0 Å². The van der Waals surface area contributed by atoms with Gasteiger partial charge in [0.2, 0.25) is 5.91 Å². The molecule has 19 heteroatoms. The molecule has 3 heterocycles. The summed E-state index contributed by atoms with van der Waals surface area (Å²) in [6.45, 7) is 3.40. The smallest absolute Gasteiger partial charge is 0.390 e. The minimum absolute atomic E-state index is 0.137. The molecule has 0 aliphatic carbocycles. The van der Waals surface area contributed by atoms with Gasteiger partial charge >= 0.3 is 21.3 Å². The first-order valence-electron chi connectivity index (χ1n) is 11.0. The van der Waals surface area contributed by atoms with Gasteiger partial charge in [-0.2, -0.15) is 4.31 Å². The van der Waals surface area contributed by atoms with E-state index in [1.54, 1.807) is 6.92 Å². The average Bonchev–Trinajstić information content (AvgIpc) is 3.11. The van der Waals surface area contributed by atoms with Crippen molar-refractivity contribution in [1.82, 2.24) is 14.9 Å². The van der Waals surface area contributed by atoms with Crippen LogP contribution in [0.5, 0.6) is 0 Å².